The first kappa shape index (κ1) is 98.6. The van der Waals surface area contributed by atoms with Crippen LogP contribution in [0.2, 0.25) is 0 Å². The van der Waals surface area contributed by atoms with E-state index in [2.05, 4.69) is 21.3 Å². The molecule has 4 heterocycles. The number of nitrogens with zero attached hydrogens (tertiary/aromatic N) is 4. The van der Waals surface area contributed by atoms with Crippen molar-refractivity contribution >= 4 is 83.6 Å². The number of nitrogens with one attached hydrogen (secondary N) is 4. The van der Waals surface area contributed by atoms with Gasteiger partial charge in [-0.3, -0.25) is 43.4 Å². The number of likely N-dealkylation sites (tertiary alicyclic amines) is 4. The van der Waals surface area contributed by atoms with E-state index in [9.17, 15) is 67.1 Å². The van der Waals surface area contributed by atoms with E-state index in [0.717, 1.165) is 16.7 Å². The summed E-state index contributed by atoms with van der Waals surface area (Å²) in [6.07, 6.45) is -0.492. The molecule has 7 rings (SSSR count). The van der Waals surface area contributed by atoms with E-state index >= 15 is 0 Å². The summed E-state index contributed by atoms with van der Waals surface area (Å²) in [7, 11) is 2.52. The number of benzene rings is 3. The zero-order chi connectivity index (χ0) is 80.0. The summed E-state index contributed by atoms with van der Waals surface area (Å²) in [5.74, 6) is -6.10. The predicted octanol–water partition coefficient (Wildman–Crippen LogP) is 5.78. The van der Waals surface area contributed by atoms with Gasteiger partial charge >= 0.3 is 54.1 Å². The highest BCUT2D eigenvalue weighted by Gasteiger charge is 2.45. The van der Waals surface area contributed by atoms with E-state index in [4.69, 9.17) is 55.2 Å². The molecule has 33 nitrogen and oxygen atoms in total. The number of hydrogen-bond acceptors (Lipinski definition) is 22. The second-order valence-electron chi connectivity index (χ2n) is 29.2. The van der Waals surface area contributed by atoms with Crippen LogP contribution in [0, 0.1) is 0 Å². The zero-order valence-corrected chi connectivity index (χ0v) is 62.8. The van der Waals surface area contributed by atoms with Crippen LogP contribution in [0.15, 0.2) is 91.0 Å². The van der Waals surface area contributed by atoms with Crippen molar-refractivity contribution in [2.45, 2.75) is 234 Å². The number of amides is 8. The van der Waals surface area contributed by atoms with Gasteiger partial charge in [0.1, 0.15) is 53.1 Å². The fourth-order valence-corrected chi connectivity index (χ4v) is 10.9. The Morgan fingerprint density at radius 2 is 0.752 bits per heavy atom. The minimum absolute atomic E-state index is 0. The minimum atomic E-state index is -1.08. The number of carbonyl (C=O) groups is 14. The highest BCUT2D eigenvalue weighted by Crippen LogP contribution is 2.25. The zero-order valence-electron chi connectivity index (χ0n) is 62.8. The largest absolute Gasteiger partial charge is 0.481 e. The van der Waals surface area contributed by atoms with Crippen molar-refractivity contribution in [3.8, 4) is 0 Å². The molecule has 0 radical (unpaired) electrons. The molecule has 0 aromatic heterocycles. The van der Waals surface area contributed by atoms with Crippen molar-refractivity contribution in [2.24, 2.45) is 11.5 Å². The normalized spacial score (nSPS) is 18.9. The lowest BCUT2D eigenvalue weighted by Gasteiger charge is -2.27. The van der Waals surface area contributed by atoms with Gasteiger partial charge in [0.25, 0.3) is 0 Å². The number of ether oxygens (including phenoxy) is 6. The first-order valence-electron chi connectivity index (χ1n) is 34.4. The Morgan fingerprint density at radius 1 is 0.431 bits per heavy atom. The van der Waals surface area contributed by atoms with E-state index in [-0.39, 0.29) is 149 Å². The maximum absolute atomic E-state index is 12.6. The van der Waals surface area contributed by atoms with E-state index in [1.165, 1.54) is 33.8 Å². The third-order valence-electron chi connectivity index (χ3n) is 15.3. The number of rotatable bonds is 19. The summed E-state index contributed by atoms with van der Waals surface area (Å²) in [4.78, 5) is 169. The number of alkyl carbamates (subject to hydrolysis) is 1. The Labute approximate surface area is 639 Å². The number of hydrogen-bond donors (Lipinski definition) is 9. The molecular formula is C76H118N10O23. The van der Waals surface area contributed by atoms with Gasteiger partial charge in [0.15, 0.2) is 0 Å². The molecule has 8 amide bonds. The van der Waals surface area contributed by atoms with Crippen molar-refractivity contribution in [1.82, 2.24) is 40.9 Å². The van der Waals surface area contributed by atoms with Crippen molar-refractivity contribution in [3.63, 3.8) is 0 Å². The van der Waals surface area contributed by atoms with Gasteiger partial charge in [-0.25, -0.2) is 33.6 Å². The molecule has 11 N–H and O–H groups in total. The molecule has 33 heteroatoms. The van der Waals surface area contributed by atoms with Gasteiger partial charge in [0.2, 0.25) is 29.5 Å². The van der Waals surface area contributed by atoms with Gasteiger partial charge in [-0.1, -0.05) is 113 Å². The Kier molecular flexibility index (Phi) is 41.6. The van der Waals surface area contributed by atoms with Crippen LogP contribution in [0.1, 0.15) is 161 Å². The Morgan fingerprint density at radius 3 is 1.08 bits per heavy atom. The van der Waals surface area contributed by atoms with Crippen LogP contribution >= 0.6 is 0 Å². The van der Waals surface area contributed by atoms with Crippen molar-refractivity contribution in [2.75, 3.05) is 53.5 Å². The van der Waals surface area contributed by atoms with Gasteiger partial charge in [-0.15, -0.1) is 0 Å². The first-order chi connectivity index (χ1) is 49.3. The molecule has 3 aromatic carbocycles. The quantitative estimate of drug-likeness (QED) is 0.0507. The average molecular weight is 1540 g/mol. The van der Waals surface area contributed by atoms with Gasteiger partial charge in [-0.2, -0.15) is 0 Å². The van der Waals surface area contributed by atoms with Crippen LogP contribution in [0.4, 0.5) is 14.4 Å². The number of carboxylic acids is 3. The molecule has 0 saturated carbocycles. The Hall–Kier alpha value is -10.4. The highest BCUT2D eigenvalue weighted by atomic mass is 16.6. The molecule has 0 unspecified atom stereocenters. The van der Waals surface area contributed by atoms with Gasteiger partial charge in [-0.05, 0) is 106 Å². The molecule has 3 aromatic rings. The Bertz CT molecular complexity index is 3470. The molecule has 0 aliphatic carbocycles. The van der Waals surface area contributed by atoms with E-state index in [1.54, 1.807) is 83.1 Å². The standard InChI is InChI=1S/C21H29N3O6.C19H26N2O5.C15H19N3O4.C10H18N2O4.C8H14O4.3CH4/c1-21(2,3)30-20(28)22-12-18(26)24-13-15(11-16(24)19(27)29-4)23-17(25)10-14-8-6-5-7-9-14;1-19(2,3)26-18(24)21-12-14(11-15(21)17(23)25-4)20-16(22)10-13-8-6-5-7-9-13;16-8-14(20)18-9-11(7-12(18)15(21)22)17-13(19)6-10-4-2-1-3-5-10;1-10(2,3)16-9(15)12-5-6(11)4-7(12)8(13)14;1-8(2,3)12-7(11)5-4-6(9)10;;;/h5-9,15-16H,10-13H2,1-4H3,(H,22,28)(H,23,25);5-9,14-15H,10-12H2,1-4H3,(H,20,22);1-5,11-12H,6-9,16H2,(H,17,19)(H,21,22);6-7H,4-5,11H2,1-3H3,(H,13,14);4-5H2,1-3H3,(H,9,10);3*1H4/t15-,16+;14-,15+;11-,12+;6-,7+;;;;/m1111..../s1. The summed E-state index contributed by atoms with van der Waals surface area (Å²) in [5, 5.41) is 37.3. The summed E-state index contributed by atoms with van der Waals surface area (Å²) in [5.41, 5.74) is 11.0. The lowest BCUT2D eigenvalue weighted by molar-refractivity contribution is -0.157. The number of aliphatic carboxylic acids is 3. The summed E-state index contributed by atoms with van der Waals surface area (Å²) < 4.78 is 30.1. The van der Waals surface area contributed by atoms with Crippen molar-refractivity contribution < 1.29 is 111 Å². The van der Waals surface area contributed by atoms with Crippen LogP contribution in [0.3, 0.4) is 0 Å². The first-order valence-corrected chi connectivity index (χ1v) is 34.4. The lowest BCUT2D eigenvalue weighted by Crippen LogP contribution is -2.47. The van der Waals surface area contributed by atoms with Crippen LogP contribution in [0.5, 0.6) is 0 Å². The number of carbonyl (C=O) groups excluding carboxylic acids is 11. The third kappa shape index (κ3) is 37.8. The topological polar surface area (TPSA) is 468 Å². The van der Waals surface area contributed by atoms with E-state index in [1.807, 2.05) is 91.0 Å². The van der Waals surface area contributed by atoms with Gasteiger partial charge in [0, 0.05) is 69.6 Å². The van der Waals surface area contributed by atoms with E-state index in [0.29, 0.717) is 6.42 Å². The molecular weight excluding hydrogens is 1420 g/mol. The van der Waals surface area contributed by atoms with Crippen LogP contribution < -0.4 is 32.7 Å². The number of carboxylic acid groups (broad SMARTS) is 3. The molecule has 610 valence electrons. The van der Waals surface area contributed by atoms with Crippen molar-refractivity contribution in [3.05, 3.63) is 108 Å². The SMILES string of the molecule is C.C.C.CC(C)(C)OC(=O)CCC(=O)O.CC(C)(C)OC(=O)N1C[C@H](N)C[C@H]1C(=O)O.COC(=O)[C@@H]1C[C@@H](NC(=O)Cc2ccccc2)CN1C(=O)CNC(=O)OC(C)(C)C.COC(=O)[C@@H]1C[C@@H](NC(=O)Cc2ccccc2)CN1C(=O)OC(C)(C)C.NCC(=O)N1C[C@H](NC(=O)Cc2ccccc2)C[C@H]1C(=O)O. The summed E-state index contributed by atoms with van der Waals surface area (Å²) >= 11 is 0. The molecule has 8 atom stereocenters. The summed E-state index contributed by atoms with van der Waals surface area (Å²) in [6.45, 7) is 21.0. The Balaban J connectivity index is 0.00000137. The highest BCUT2D eigenvalue weighted by molar-refractivity contribution is 5.89. The molecule has 0 bridgehead atoms. The second kappa shape index (κ2) is 46.0. The lowest BCUT2D eigenvalue weighted by atomic mass is 10.1. The van der Waals surface area contributed by atoms with Crippen LogP contribution in [-0.2, 0) is 100 Å². The van der Waals surface area contributed by atoms with E-state index < -0.39 is 119 Å². The third-order valence-corrected chi connectivity index (χ3v) is 15.3. The fraction of sp³-hybridized carbons (Fsp3) is 0.579. The average Bonchev–Trinajstić information content (AvgIpc) is 1.70. The maximum Gasteiger partial charge on any atom is 0.411 e. The number of nitrogens with two attached hydrogens (primary N) is 2. The smallest absolute Gasteiger partial charge is 0.411 e. The van der Waals surface area contributed by atoms with Crippen LogP contribution in [-0.4, -0.2) is 243 Å². The maximum atomic E-state index is 12.6. The number of esters is 3. The van der Waals surface area contributed by atoms with Gasteiger partial charge in [0.05, 0.1) is 52.9 Å². The molecule has 109 heavy (non-hydrogen) atoms. The monoisotopic (exact) mass is 1540 g/mol. The molecule has 0 spiro atoms. The predicted molar refractivity (Wildman–Crippen MR) is 403 cm³/mol. The number of methoxy groups -OCH3 is 2. The summed E-state index contributed by atoms with van der Waals surface area (Å²) in [6, 6.07) is 23.1. The molecule has 4 saturated heterocycles. The van der Waals surface area contributed by atoms with Gasteiger partial charge < -0.3 is 86.3 Å². The minimum Gasteiger partial charge on any atom is -0.481 e. The molecule has 4 aliphatic heterocycles. The molecule has 4 aliphatic rings. The molecule has 4 fully saturated rings. The second-order valence-corrected chi connectivity index (χ2v) is 29.2. The van der Waals surface area contributed by atoms with Crippen molar-refractivity contribution in [1.29, 1.82) is 0 Å². The fourth-order valence-electron chi connectivity index (χ4n) is 10.9. The van der Waals surface area contributed by atoms with Crippen LogP contribution in [0.25, 0.3) is 0 Å².